The summed E-state index contributed by atoms with van der Waals surface area (Å²) < 4.78 is 76.5. The highest BCUT2D eigenvalue weighted by Crippen LogP contribution is 2.39. The monoisotopic (exact) mass is 271 g/mol. The maximum Gasteiger partial charge on any atom is 0.573 e. The molecule has 98 valence electrons. The van der Waals surface area contributed by atoms with Crippen LogP contribution < -0.4 is 10.5 Å². The van der Waals surface area contributed by atoms with E-state index in [2.05, 4.69) is 9.72 Å². The van der Waals surface area contributed by atoms with E-state index in [0.29, 0.717) is 6.20 Å². The molecule has 0 spiro atoms. The smallest absolute Gasteiger partial charge is 0.403 e. The molecule has 0 bridgehead atoms. The number of pyridine rings is 1. The van der Waals surface area contributed by atoms with E-state index in [9.17, 15) is 26.3 Å². The Morgan fingerprint density at radius 3 is 2.17 bits per heavy atom. The number of hydrogen-bond donors (Lipinski definition) is 1. The summed E-state index contributed by atoms with van der Waals surface area (Å²) >= 11 is 0. The Kier molecular flexibility index (Phi) is 3.27. The molecule has 0 unspecified atom stereocenters. The van der Waals surface area contributed by atoms with Crippen molar-refractivity contribution in [2.75, 3.05) is 5.73 Å². The quantitative estimate of drug-likeness (QED) is 0.796. The Balaban J connectivity index is 3.46. The first kappa shape index (κ1) is 13.9. The van der Waals surface area contributed by atoms with Crippen LogP contribution in [0, 0.1) is 11.3 Å². The lowest BCUT2D eigenvalue weighted by atomic mass is 10.1. The Bertz CT molecular complexity index is 501. The van der Waals surface area contributed by atoms with E-state index in [0.717, 1.165) is 6.07 Å². The molecule has 0 aliphatic heterocycles. The van der Waals surface area contributed by atoms with Crippen LogP contribution in [0.3, 0.4) is 0 Å². The highest BCUT2D eigenvalue weighted by molar-refractivity contribution is 5.57. The molecule has 0 atom stereocenters. The molecule has 2 N–H and O–H groups in total. The molecule has 0 fully saturated rings. The Labute approximate surface area is 95.6 Å². The molecule has 18 heavy (non-hydrogen) atoms. The first-order valence-corrected chi connectivity index (χ1v) is 4.07. The first-order chi connectivity index (χ1) is 8.06. The highest BCUT2D eigenvalue weighted by Gasteiger charge is 2.40. The van der Waals surface area contributed by atoms with Gasteiger partial charge in [-0.1, -0.05) is 0 Å². The number of anilines is 1. The molecule has 0 aliphatic carbocycles. The minimum Gasteiger partial charge on any atom is -0.403 e. The van der Waals surface area contributed by atoms with Gasteiger partial charge in [0.05, 0.1) is 6.20 Å². The predicted octanol–water partition coefficient (Wildman–Crippen LogP) is 2.45. The fourth-order valence-electron chi connectivity index (χ4n) is 1.11. The van der Waals surface area contributed by atoms with Crippen molar-refractivity contribution >= 4 is 5.82 Å². The van der Waals surface area contributed by atoms with Gasteiger partial charge in [0.25, 0.3) is 0 Å². The zero-order valence-corrected chi connectivity index (χ0v) is 8.23. The van der Waals surface area contributed by atoms with Crippen molar-refractivity contribution in [3.8, 4) is 11.8 Å². The van der Waals surface area contributed by atoms with E-state index in [1.165, 1.54) is 0 Å². The summed E-state index contributed by atoms with van der Waals surface area (Å²) in [6.45, 7) is 0. The third-order valence-electron chi connectivity index (χ3n) is 1.69. The zero-order valence-electron chi connectivity index (χ0n) is 8.23. The van der Waals surface area contributed by atoms with Gasteiger partial charge in [0, 0.05) is 0 Å². The van der Waals surface area contributed by atoms with Gasteiger partial charge >= 0.3 is 12.5 Å². The average Bonchev–Trinajstić information content (AvgIpc) is 2.16. The van der Waals surface area contributed by atoms with Crippen LogP contribution in [0.25, 0.3) is 0 Å². The number of nitrogen functional groups attached to an aromatic ring is 1. The van der Waals surface area contributed by atoms with Crippen LogP contribution >= 0.6 is 0 Å². The van der Waals surface area contributed by atoms with Crippen molar-refractivity contribution in [2.24, 2.45) is 0 Å². The number of nitrogens with zero attached hydrogens (tertiary/aromatic N) is 2. The molecule has 1 rings (SSSR count). The lowest BCUT2D eigenvalue weighted by Crippen LogP contribution is -2.20. The number of hydrogen-bond acceptors (Lipinski definition) is 4. The average molecular weight is 271 g/mol. The van der Waals surface area contributed by atoms with Crippen LogP contribution in [0.4, 0.5) is 32.2 Å². The van der Waals surface area contributed by atoms with Crippen molar-refractivity contribution in [2.45, 2.75) is 12.5 Å². The Morgan fingerprint density at radius 1 is 1.22 bits per heavy atom. The fourth-order valence-corrected chi connectivity index (χ4v) is 1.11. The maximum atomic E-state index is 12.5. The second-order valence-corrected chi connectivity index (χ2v) is 2.92. The van der Waals surface area contributed by atoms with Crippen molar-refractivity contribution in [1.29, 1.82) is 5.26 Å². The molecular formula is C8H3F6N3O. The highest BCUT2D eigenvalue weighted by atomic mass is 19.4. The number of aromatic nitrogens is 1. The predicted molar refractivity (Wildman–Crippen MR) is 45.0 cm³/mol. The van der Waals surface area contributed by atoms with Crippen LogP contribution in [-0.4, -0.2) is 11.3 Å². The summed E-state index contributed by atoms with van der Waals surface area (Å²) in [5.74, 6) is -2.46. The maximum absolute atomic E-state index is 12.5. The standard InChI is InChI=1S/C8H3F6N3O/c9-7(10,11)5-3(1-15)4(2-17-6(5)16)18-8(12,13)14/h2H,(H2,16,17). The van der Waals surface area contributed by atoms with Gasteiger partial charge in [-0.2, -0.15) is 18.4 Å². The molecule has 1 heterocycles. The molecule has 0 amide bonds. The number of rotatable bonds is 1. The van der Waals surface area contributed by atoms with Crippen molar-refractivity contribution in [3.63, 3.8) is 0 Å². The van der Waals surface area contributed by atoms with Gasteiger partial charge in [0.15, 0.2) is 5.75 Å². The zero-order chi connectivity index (χ0) is 14.1. The molecule has 0 radical (unpaired) electrons. The molecule has 1 aromatic heterocycles. The third-order valence-corrected chi connectivity index (χ3v) is 1.69. The molecule has 4 nitrogen and oxygen atoms in total. The van der Waals surface area contributed by atoms with E-state index >= 15 is 0 Å². The van der Waals surface area contributed by atoms with Gasteiger partial charge in [-0.05, 0) is 0 Å². The molecule has 0 aliphatic rings. The van der Waals surface area contributed by atoms with Crippen molar-refractivity contribution in [1.82, 2.24) is 4.98 Å². The Hall–Kier alpha value is -2.18. The van der Waals surface area contributed by atoms with Gasteiger partial charge in [0.2, 0.25) is 0 Å². The summed E-state index contributed by atoms with van der Waals surface area (Å²) in [5.41, 5.74) is 1.77. The number of ether oxygens (including phenoxy) is 1. The normalized spacial score (nSPS) is 12.1. The van der Waals surface area contributed by atoms with Gasteiger partial charge < -0.3 is 10.5 Å². The largest absolute Gasteiger partial charge is 0.573 e. The first-order valence-electron chi connectivity index (χ1n) is 4.07. The molecule has 0 saturated carbocycles. The summed E-state index contributed by atoms with van der Waals surface area (Å²) in [5, 5.41) is 8.50. The molecule has 0 saturated heterocycles. The number of alkyl halides is 6. The summed E-state index contributed by atoms with van der Waals surface area (Å²) in [6.07, 6.45) is -10.1. The number of nitrogens with two attached hydrogens (primary N) is 1. The minimum absolute atomic E-state index is 0.302. The Morgan fingerprint density at radius 2 is 1.78 bits per heavy atom. The van der Waals surface area contributed by atoms with Crippen LogP contribution in [0.15, 0.2) is 6.20 Å². The van der Waals surface area contributed by atoms with Crippen molar-refractivity contribution < 1.29 is 31.1 Å². The van der Waals surface area contributed by atoms with E-state index in [1.54, 1.807) is 0 Å². The summed E-state index contributed by atoms with van der Waals surface area (Å²) in [7, 11) is 0. The van der Waals surface area contributed by atoms with Crippen molar-refractivity contribution in [3.05, 3.63) is 17.3 Å². The SMILES string of the molecule is N#Cc1c(OC(F)(F)F)cnc(N)c1C(F)(F)F. The molecule has 0 aromatic carbocycles. The van der Waals surface area contributed by atoms with Crippen LogP contribution in [-0.2, 0) is 6.18 Å². The van der Waals surface area contributed by atoms with Crippen LogP contribution in [0.1, 0.15) is 11.1 Å². The van der Waals surface area contributed by atoms with Gasteiger partial charge in [0.1, 0.15) is 23.0 Å². The van der Waals surface area contributed by atoms with E-state index in [-0.39, 0.29) is 0 Å². The van der Waals surface area contributed by atoms with Gasteiger partial charge in [-0.25, -0.2) is 4.98 Å². The van der Waals surface area contributed by atoms with Crippen LogP contribution in [0.5, 0.6) is 5.75 Å². The van der Waals surface area contributed by atoms with E-state index < -0.39 is 35.2 Å². The molecular weight excluding hydrogens is 268 g/mol. The van der Waals surface area contributed by atoms with Gasteiger partial charge in [-0.15, -0.1) is 13.2 Å². The minimum atomic E-state index is -5.24. The topological polar surface area (TPSA) is 71.9 Å². The second-order valence-electron chi connectivity index (χ2n) is 2.92. The second kappa shape index (κ2) is 4.25. The summed E-state index contributed by atoms with van der Waals surface area (Å²) in [6, 6.07) is 0.969. The van der Waals surface area contributed by atoms with Gasteiger partial charge in [-0.3, -0.25) is 0 Å². The van der Waals surface area contributed by atoms with Crippen LogP contribution in [0.2, 0.25) is 0 Å². The lowest BCUT2D eigenvalue weighted by Gasteiger charge is -2.15. The number of nitriles is 1. The molecule has 1 aromatic rings. The van der Waals surface area contributed by atoms with E-state index in [1.807, 2.05) is 0 Å². The lowest BCUT2D eigenvalue weighted by molar-refractivity contribution is -0.275. The summed E-state index contributed by atoms with van der Waals surface area (Å²) in [4.78, 5) is 2.92. The van der Waals surface area contributed by atoms with E-state index in [4.69, 9.17) is 11.0 Å². The fraction of sp³-hybridized carbons (Fsp3) is 0.250. The third kappa shape index (κ3) is 2.93. The molecule has 10 heteroatoms. The number of halogens is 6.